The molecule has 4 nitrogen and oxygen atoms in total. The van der Waals surface area contributed by atoms with Crippen molar-refractivity contribution in [2.75, 3.05) is 5.32 Å². The molecule has 2 aromatic rings. The Labute approximate surface area is 88.4 Å². The summed E-state index contributed by atoms with van der Waals surface area (Å²) in [5.74, 6) is 0.770. The third-order valence-electron chi connectivity index (χ3n) is 1.97. The second-order valence-corrected chi connectivity index (χ2v) is 3.23. The van der Waals surface area contributed by atoms with Crippen LogP contribution in [0.2, 0.25) is 0 Å². The Morgan fingerprint density at radius 2 is 2.07 bits per heavy atom. The van der Waals surface area contributed by atoms with Gasteiger partial charge in [0.25, 0.3) is 0 Å². The maximum atomic E-state index is 4.20. The van der Waals surface area contributed by atoms with Crippen LogP contribution in [0.25, 0.3) is 0 Å². The topological polar surface area (TPSA) is 50.7 Å². The number of hydrogen-bond acceptors (Lipinski definition) is 4. The zero-order valence-electron chi connectivity index (χ0n) is 8.51. The number of pyridine rings is 1. The van der Waals surface area contributed by atoms with Crippen molar-refractivity contribution in [1.82, 2.24) is 15.2 Å². The van der Waals surface area contributed by atoms with E-state index in [4.69, 9.17) is 0 Å². The van der Waals surface area contributed by atoms with Crippen molar-refractivity contribution in [1.29, 1.82) is 0 Å². The van der Waals surface area contributed by atoms with Crippen LogP contribution in [0.1, 0.15) is 11.4 Å². The van der Waals surface area contributed by atoms with Gasteiger partial charge in [-0.2, -0.15) is 5.10 Å². The normalized spacial score (nSPS) is 9.93. The first-order valence-corrected chi connectivity index (χ1v) is 4.79. The van der Waals surface area contributed by atoms with E-state index in [2.05, 4.69) is 20.5 Å². The molecule has 0 saturated carbocycles. The maximum absolute atomic E-state index is 4.20. The molecule has 0 radical (unpaired) electrons. The summed E-state index contributed by atoms with van der Waals surface area (Å²) in [5.41, 5.74) is 1.90. The van der Waals surface area contributed by atoms with Gasteiger partial charge in [-0.3, -0.25) is 4.98 Å². The molecular formula is C11H12N4. The molecular weight excluding hydrogens is 188 g/mol. The van der Waals surface area contributed by atoms with E-state index in [0.29, 0.717) is 6.54 Å². The second-order valence-electron chi connectivity index (χ2n) is 3.23. The molecule has 0 saturated heterocycles. The lowest BCUT2D eigenvalue weighted by atomic mass is 10.3. The smallest absolute Gasteiger partial charge is 0.148 e. The van der Waals surface area contributed by atoms with Gasteiger partial charge in [0.2, 0.25) is 0 Å². The molecule has 2 rings (SSSR count). The fourth-order valence-corrected chi connectivity index (χ4v) is 1.18. The molecule has 0 fully saturated rings. The Kier molecular flexibility index (Phi) is 2.88. The predicted octanol–water partition coefficient (Wildman–Crippen LogP) is 1.79. The Bertz CT molecular complexity index is 410. The van der Waals surface area contributed by atoms with Crippen molar-refractivity contribution in [3.63, 3.8) is 0 Å². The number of rotatable bonds is 3. The Morgan fingerprint density at radius 3 is 2.73 bits per heavy atom. The molecule has 4 heteroatoms. The van der Waals surface area contributed by atoms with E-state index in [0.717, 1.165) is 17.2 Å². The van der Waals surface area contributed by atoms with Crippen LogP contribution in [-0.4, -0.2) is 15.2 Å². The van der Waals surface area contributed by atoms with Crippen LogP contribution in [0, 0.1) is 6.92 Å². The molecule has 0 aromatic carbocycles. The van der Waals surface area contributed by atoms with Gasteiger partial charge in [0.05, 0.1) is 17.9 Å². The molecule has 0 aliphatic heterocycles. The molecule has 2 aromatic heterocycles. The van der Waals surface area contributed by atoms with E-state index < -0.39 is 0 Å². The van der Waals surface area contributed by atoms with Crippen LogP contribution < -0.4 is 5.32 Å². The molecule has 76 valence electrons. The van der Waals surface area contributed by atoms with Gasteiger partial charge in [-0.25, -0.2) is 0 Å². The molecule has 2 heterocycles. The van der Waals surface area contributed by atoms with Crippen molar-refractivity contribution >= 4 is 5.82 Å². The minimum absolute atomic E-state index is 0.665. The van der Waals surface area contributed by atoms with E-state index in [1.807, 2.05) is 37.3 Å². The minimum atomic E-state index is 0.665. The van der Waals surface area contributed by atoms with Crippen LogP contribution in [-0.2, 0) is 6.54 Å². The average Bonchev–Trinajstić information content (AvgIpc) is 2.30. The van der Waals surface area contributed by atoms with E-state index in [9.17, 15) is 0 Å². The fraction of sp³-hybridized carbons (Fsp3) is 0.182. The molecule has 0 atom stereocenters. The first-order chi connectivity index (χ1) is 7.34. The zero-order valence-corrected chi connectivity index (χ0v) is 8.51. The molecule has 0 aliphatic rings. The van der Waals surface area contributed by atoms with Gasteiger partial charge in [0.15, 0.2) is 0 Å². The monoisotopic (exact) mass is 200 g/mol. The Hall–Kier alpha value is -1.97. The molecule has 0 amide bonds. The summed E-state index contributed by atoms with van der Waals surface area (Å²) in [6.45, 7) is 2.58. The van der Waals surface area contributed by atoms with Crippen LogP contribution >= 0.6 is 0 Å². The number of aromatic nitrogens is 3. The van der Waals surface area contributed by atoms with E-state index in [-0.39, 0.29) is 0 Å². The maximum Gasteiger partial charge on any atom is 0.148 e. The van der Waals surface area contributed by atoms with Crippen molar-refractivity contribution in [3.05, 3.63) is 47.9 Å². The van der Waals surface area contributed by atoms with E-state index in [1.165, 1.54) is 0 Å². The van der Waals surface area contributed by atoms with Gasteiger partial charge in [0, 0.05) is 6.20 Å². The highest BCUT2D eigenvalue weighted by Crippen LogP contribution is 2.03. The molecule has 0 bridgehead atoms. The summed E-state index contributed by atoms with van der Waals surface area (Å²) < 4.78 is 0. The Morgan fingerprint density at radius 1 is 1.13 bits per heavy atom. The number of nitrogens with zero attached hydrogens (tertiary/aromatic N) is 3. The summed E-state index contributed by atoms with van der Waals surface area (Å²) in [4.78, 5) is 4.20. The van der Waals surface area contributed by atoms with E-state index in [1.54, 1.807) is 6.20 Å². The number of aryl methyl sites for hydroxylation is 1. The molecule has 0 spiro atoms. The fourth-order valence-electron chi connectivity index (χ4n) is 1.18. The van der Waals surface area contributed by atoms with Gasteiger partial charge in [-0.15, -0.1) is 5.10 Å². The molecule has 0 unspecified atom stereocenters. The summed E-state index contributed by atoms with van der Waals surface area (Å²) in [6, 6.07) is 9.66. The highest BCUT2D eigenvalue weighted by Gasteiger charge is 1.95. The van der Waals surface area contributed by atoms with Crippen LogP contribution in [0.5, 0.6) is 0 Å². The third-order valence-corrected chi connectivity index (χ3v) is 1.97. The Balaban J connectivity index is 1.96. The molecule has 1 N–H and O–H groups in total. The van der Waals surface area contributed by atoms with Gasteiger partial charge in [0.1, 0.15) is 5.82 Å². The SMILES string of the molecule is Cc1ccc(NCc2ccccn2)nn1. The van der Waals surface area contributed by atoms with Gasteiger partial charge in [-0.05, 0) is 31.2 Å². The second kappa shape index (κ2) is 4.50. The number of hydrogen-bond donors (Lipinski definition) is 1. The largest absolute Gasteiger partial charge is 0.363 e. The van der Waals surface area contributed by atoms with Gasteiger partial charge < -0.3 is 5.32 Å². The summed E-state index contributed by atoms with van der Waals surface area (Å²) in [7, 11) is 0. The lowest BCUT2D eigenvalue weighted by molar-refractivity contribution is 0.951. The average molecular weight is 200 g/mol. The lowest BCUT2D eigenvalue weighted by Gasteiger charge is -2.03. The third kappa shape index (κ3) is 2.74. The lowest BCUT2D eigenvalue weighted by Crippen LogP contribution is -2.03. The standard InChI is InChI=1S/C11H12N4/c1-9-5-6-11(15-14-9)13-8-10-4-2-3-7-12-10/h2-7H,8H2,1H3,(H,13,15). The first kappa shape index (κ1) is 9.58. The van der Waals surface area contributed by atoms with Crippen LogP contribution in [0.15, 0.2) is 36.5 Å². The van der Waals surface area contributed by atoms with Crippen molar-refractivity contribution in [2.45, 2.75) is 13.5 Å². The zero-order chi connectivity index (χ0) is 10.5. The first-order valence-electron chi connectivity index (χ1n) is 4.79. The van der Waals surface area contributed by atoms with Crippen molar-refractivity contribution < 1.29 is 0 Å². The highest BCUT2D eigenvalue weighted by atomic mass is 15.2. The van der Waals surface area contributed by atoms with Gasteiger partial charge >= 0.3 is 0 Å². The van der Waals surface area contributed by atoms with Gasteiger partial charge in [-0.1, -0.05) is 6.07 Å². The summed E-state index contributed by atoms with van der Waals surface area (Å²) in [5, 5.41) is 11.1. The highest BCUT2D eigenvalue weighted by molar-refractivity contribution is 5.33. The summed E-state index contributed by atoms with van der Waals surface area (Å²) >= 11 is 0. The quantitative estimate of drug-likeness (QED) is 0.820. The molecule has 15 heavy (non-hydrogen) atoms. The number of nitrogens with one attached hydrogen (secondary N) is 1. The predicted molar refractivity (Wildman–Crippen MR) is 58.3 cm³/mol. The van der Waals surface area contributed by atoms with Crippen LogP contribution in [0.3, 0.4) is 0 Å². The minimum Gasteiger partial charge on any atom is -0.363 e. The number of anilines is 1. The van der Waals surface area contributed by atoms with Crippen LogP contribution in [0.4, 0.5) is 5.82 Å². The van der Waals surface area contributed by atoms with Crippen molar-refractivity contribution in [2.24, 2.45) is 0 Å². The molecule has 0 aliphatic carbocycles. The van der Waals surface area contributed by atoms with E-state index >= 15 is 0 Å². The van der Waals surface area contributed by atoms with Crippen molar-refractivity contribution in [3.8, 4) is 0 Å². The summed E-state index contributed by atoms with van der Waals surface area (Å²) in [6.07, 6.45) is 1.78.